The fourth-order valence-electron chi connectivity index (χ4n) is 2.59. The van der Waals surface area contributed by atoms with Crippen molar-refractivity contribution in [2.24, 2.45) is 0 Å². The molecule has 0 N–H and O–H groups in total. The number of ether oxygens (including phenoxy) is 2. The molecule has 3 aromatic rings. The maximum atomic E-state index is 6.12. The molecular weight excluding hydrogens is 336 g/mol. The monoisotopic (exact) mass is 354 g/mol. The Hall–Kier alpha value is -2.59. The summed E-state index contributed by atoms with van der Waals surface area (Å²) in [5.74, 6) is 1.35. The summed E-state index contributed by atoms with van der Waals surface area (Å²) < 4.78 is 10.8. The molecule has 2 aromatic heterocycles. The first-order valence-electron chi connectivity index (χ1n) is 8.06. The number of aromatic nitrogens is 2. The summed E-state index contributed by atoms with van der Waals surface area (Å²) in [7, 11) is 1.62. The van der Waals surface area contributed by atoms with Gasteiger partial charge in [0, 0.05) is 28.9 Å². The van der Waals surface area contributed by atoms with Gasteiger partial charge in [0.15, 0.2) is 0 Å². The fraction of sp³-hybridized carbons (Fsp3) is 0.200. The van der Waals surface area contributed by atoms with E-state index in [4.69, 9.17) is 21.1 Å². The topological polar surface area (TPSA) is 44.2 Å². The molecular formula is C20H19ClN2O2. The van der Waals surface area contributed by atoms with Crippen molar-refractivity contribution in [3.8, 4) is 22.8 Å². The van der Waals surface area contributed by atoms with Gasteiger partial charge in [-0.05, 0) is 48.4 Å². The molecule has 0 spiro atoms. The lowest BCUT2D eigenvalue weighted by Gasteiger charge is -2.10. The van der Waals surface area contributed by atoms with E-state index in [0.29, 0.717) is 23.9 Å². The molecule has 0 bridgehead atoms. The predicted molar refractivity (Wildman–Crippen MR) is 99.4 cm³/mol. The highest BCUT2D eigenvalue weighted by Crippen LogP contribution is 2.31. The van der Waals surface area contributed by atoms with Crippen molar-refractivity contribution in [2.75, 3.05) is 13.7 Å². The van der Waals surface area contributed by atoms with Gasteiger partial charge in [-0.1, -0.05) is 23.7 Å². The molecule has 0 unspecified atom stereocenters. The van der Waals surface area contributed by atoms with Gasteiger partial charge in [0.1, 0.15) is 5.75 Å². The number of halogens is 1. The Morgan fingerprint density at radius 1 is 1.04 bits per heavy atom. The second-order valence-corrected chi connectivity index (χ2v) is 5.94. The van der Waals surface area contributed by atoms with Crippen molar-refractivity contribution < 1.29 is 9.47 Å². The minimum absolute atomic E-state index is 0.575. The van der Waals surface area contributed by atoms with Crippen LogP contribution in [0.1, 0.15) is 18.2 Å². The van der Waals surface area contributed by atoms with Crippen molar-refractivity contribution in [1.29, 1.82) is 0 Å². The highest BCUT2D eigenvalue weighted by atomic mass is 35.5. The molecule has 1 aromatic carbocycles. The molecule has 0 aliphatic rings. The quantitative estimate of drug-likeness (QED) is 0.638. The van der Waals surface area contributed by atoms with Gasteiger partial charge < -0.3 is 9.47 Å². The second-order valence-electron chi connectivity index (χ2n) is 5.51. The molecule has 5 heteroatoms. The minimum atomic E-state index is 0.575. The van der Waals surface area contributed by atoms with Crippen LogP contribution in [0.15, 0.2) is 54.9 Å². The van der Waals surface area contributed by atoms with Crippen molar-refractivity contribution in [3.05, 3.63) is 71.1 Å². The van der Waals surface area contributed by atoms with E-state index in [2.05, 4.69) is 16.0 Å². The first-order chi connectivity index (χ1) is 12.2. The van der Waals surface area contributed by atoms with Gasteiger partial charge in [0.25, 0.3) is 0 Å². The zero-order chi connectivity index (χ0) is 17.6. The summed E-state index contributed by atoms with van der Waals surface area (Å²) in [4.78, 5) is 8.88. The Labute approximate surface area is 152 Å². The summed E-state index contributed by atoms with van der Waals surface area (Å²) in [5.41, 5.74) is 3.88. The molecule has 0 fully saturated rings. The Morgan fingerprint density at radius 2 is 1.92 bits per heavy atom. The van der Waals surface area contributed by atoms with Crippen LogP contribution in [0.3, 0.4) is 0 Å². The standard InChI is InChI=1S/C20H19ClN2O2/c1-3-25-18-8-7-17(22-13-18)9-14-10-19(20(24-2)23-12-14)15-5-4-6-16(21)11-15/h4-8,10-13H,3,9H2,1-2H3. The molecule has 0 saturated heterocycles. The normalized spacial score (nSPS) is 10.5. The van der Waals surface area contributed by atoms with Crippen LogP contribution in [-0.4, -0.2) is 23.7 Å². The summed E-state index contributed by atoms with van der Waals surface area (Å²) in [5, 5.41) is 0.679. The molecule has 0 aliphatic carbocycles. The van der Waals surface area contributed by atoms with Crippen molar-refractivity contribution in [2.45, 2.75) is 13.3 Å². The lowest BCUT2D eigenvalue weighted by Crippen LogP contribution is -1.98. The highest BCUT2D eigenvalue weighted by Gasteiger charge is 2.10. The number of nitrogens with zero attached hydrogens (tertiary/aromatic N) is 2. The lowest BCUT2D eigenvalue weighted by atomic mass is 10.0. The van der Waals surface area contributed by atoms with E-state index in [1.165, 1.54) is 0 Å². The molecule has 128 valence electrons. The largest absolute Gasteiger partial charge is 0.492 e. The molecule has 4 nitrogen and oxygen atoms in total. The van der Waals surface area contributed by atoms with Crippen LogP contribution >= 0.6 is 11.6 Å². The summed E-state index contributed by atoms with van der Waals surface area (Å²) >= 11 is 6.12. The highest BCUT2D eigenvalue weighted by molar-refractivity contribution is 6.30. The van der Waals surface area contributed by atoms with Gasteiger partial charge in [-0.25, -0.2) is 4.98 Å². The summed E-state index contributed by atoms with van der Waals surface area (Å²) in [6.07, 6.45) is 4.23. The zero-order valence-corrected chi connectivity index (χ0v) is 15.0. The first kappa shape index (κ1) is 17.2. The van der Waals surface area contributed by atoms with E-state index in [9.17, 15) is 0 Å². The Bertz CT molecular complexity index is 851. The van der Waals surface area contributed by atoms with Crippen LogP contribution in [0.2, 0.25) is 5.02 Å². The average Bonchev–Trinajstić information content (AvgIpc) is 2.63. The zero-order valence-electron chi connectivity index (χ0n) is 14.2. The number of hydrogen-bond acceptors (Lipinski definition) is 4. The molecule has 3 rings (SSSR count). The smallest absolute Gasteiger partial charge is 0.221 e. The van der Waals surface area contributed by atoms with Gasteiger partial charge >= 0.3 is 0 Å². The van der Waals surface area contributed by atoms with E-state index in [0.717, 1.165) is 28.1 Å². The molecule has 0 atom stereocenters. The Kier molecular flexibility index (Phi) is 5.51. The van der Waals surface area contributed by atoms with Gasteiger partial charge in [-0.2, -0.15) is 0 Å². The average molecular weight is 355 g/mol. The van der Waals surface area contributed by atoms with Crippen LogP contribution < -0.4 is 9.47 Å². The molecule has 0 aliphatic heterocycles. The maximum absolute atomic E-state index is 6.12. The number of benzene rings is 1. The lowest BCUT2D eigenvalue weighted by molar-refractivity contribution is 0.338. The van der Waals surface area contributed by atoms with Crippen molar-refractivity contribution in [1.82, 2.24) is 9.97 Å². The van der Waals surface area contributed by atoms with E-state index in [-0.39, 0.29) is 0 Å². The van der Waals surface area contributed by atoms with Gasteiger partial charge in [-0.3, -0.25) is 4.98 Å². The van der Waals surface area contributed by atoms with Crippen LogP contribution in [-0.2, 0) is 6.42 Å². The fourth-order valence-corrected chi connectivity index (χ4v) is 2.78. The van der Waals surface area contributed by atoms with Crippen LogP contribution in [0.25, 0.3) is 11.1 Å². The third kappa shape index (κ3) is 4.28. The minimum Gasteiger partial charge on any atom is -0.492 e. The SMILES string of the molecule is CCOc1ccc(Cc2cnc(OC)c(-c3cccc(Cl)c3)c2)nc1. The predicted octanol–water partition coefficient (Wildman–Crippen LogP) is 4.80. The Morgan fingerprint density at radius 3 is 2.60 bits per heavy atom. The second kappa shape index (κ2) is 7.99. The number of methoxy groups -OCH3 is 1. The number of rotatable bonds is 6. The molecule has 0 amide bonds. The molecule has 25 heavy (non-hydrogen) atoms. The van der Waals surface area contributed by atoms with Crippen LogP contribution in [0.4, 0.5) is 0 Å². The van der Waals surface area contributed by atoms with E-state index >= 15 is 0 Å². The van der Waals surface area contributed by atoms with Gasteiger partial charge in [-0.15, -0.1) is 0 Å². The first-order valence-corrected chi connectivity index (χ1v) is 8.44. The van der Waals surface area contributed by atoms with E-state index < -0.39 is 0 Å². The van der Waals surface area contributed by atoms with Crippen LogP contribution in [0, 0.1) is 0 Å². The van der Waals surface area contributed by atoms with E-state index in [1.807, 2.05) is 49.5 Å². The number of hydrogen-bond donors (Lipinski definition) is 0. The molecule has 2 heterocycles. The Balaban J connectivity index is 1.89. The molecule has 0 saturated carbocycles. The van der Waals surface area contributed by atoms with Gasteiger partial charge in [0.05, 0.1) is 19.9 Å². The number of pyridine rings is 2. The van der Waals surface area contributed by atoms with Crippen molar-refractivity contribution >= 4 is 11.6 Å². The third-order valence-electron chi connectivity index (χ3n) is 3.73. The molecule has 0 radical (unpaired) electrons. The summed E-state index contributed by atoms with van der Waals surface area (Å²) in [6.45, 7) is 2.58. The van der Waals surface area contributed by atoms with E-state index in [1.54, 1.807) is 13.3 Å². The van der Waals surface area contributed by atoms with Crippen molar-refractivity contribution in [3.63, 3.8) is 0 Å². The third-order valence-corrected chi connectivity index (χ3v) is 3.97. The van der Waals surface area contributed by atoms with Gasteiger partial charge in [0.2, 0.25) is 5.88 Å². The summed E-state index contributed by atoms with van der Waals surface area (Å²) in [6, 6.07) is 13.6. The maximum Gasteiger partial charge on any atom is 0.221 e. The van der Waals surface area contributed by atoms with Crippen LogP contribution in [0.5, 0.6) is 11.6 Å².